The topological polar surface area (TPSA) is 52.7 Å². The van der Waals surface area contributed by atoms with Crippen molar-refractivity contribution < 1.29 is 9.59 Å². The van der Waals surface area contributed by atoms with Gasteiger partial charge in [-0.25, -0.2) is 4.79 Å². The fourth-order valence-corrected chi connectivity index (χ4v) is 3.31. The highest BCUT2D eigenvalue weighted by molar-refractivity contribution is 5.90. The third-order valence-electron chi connectivity index (χ3n) is 4.96. The smallest absolute Gasteiger partial charge is 0.321 e. The molecule has 2 rings (SSSR count). The molecule has 1 unspecified atom stereocenters. The Morgan fingerprint density at radius 3 is 2.40 bits per heavy atom. The molecule has 5 nitrogen and oxygen atoms in total. The van der Waals surface area contributed by atoms with E-state index in [9.17, 15) is 9.59 Å². The first-order valence-corrected chi connectivity index (χ1v) is 9.40. The number of amides is 3. The van der Waals surface area contributed by atoms with Gasteiger partial charge in [0.25, 0.3) is 0 Å². The number of hydrogen-bond donors (Lipinski definition) is 1. The summed E-state index contributed by atoms with van der Waals surface area (Å²) in [5.41, 5.74) is 2.05. The van der Waals surface area contributed by atoms with E-state index in [2.05, 4.69) is 19.2 Å². The first kappa shape index (κ1) is 19.3. The van der Waals surface area contributed by atoms with Crippen LogP contribution in [0.1, 0.15) is 52.0 Å². The Hall–Kier alpha value is -2.04. The minimum Gasteiger partial charge on any atom is -0.343 e. The molecule has 25 heavy (non-hydrogen) atoms. The Balaban J connectivity index is 1.96. The number of urea groups is 1. The molecule has 0 bridgehead atoms. The van der Waals surface area contributed by atoms with Gasteiger partial charge in [0.15, 0.2) is 0 Å². The van der Waals surface area contributed by atoms with Gasteiger partial charge < -0.3 is 15.1 Å². The van der Waals surface area contributed by atoms with Crippen molar-refractivity contribution in [1.29, 1.82) is 0 Å². The van der Waals surface area contributed by atoms with E-state index < -0.39 is 0 Å². The maximum atomic E-state index is 12.6. The van der Waals surface area contributed by atoms with Crippen LogP contribution in [0.15, 0.2) is 24.3 Å². The molecule has 0 aromatic heterocycles. The molecule has 1 aliphatic heterocycles. The van der Waals surface area contributed by atoms with Crippen LogP contribution in [0.5, 0.6) is 0 Å². The molecule has 1 aliphatic rings. The van der Waals surface area contributed by atoms with Gasteiger partial charge in [-0.1, -0.05) is 26.0 Å². The van der Waals surface area contributed by atoms with Crippen LogP contribution in [0.3, 0.4) is 0 Å². The Morgan fingerprint density at radius 1 is 1.20 bits per heavy atom. The summed E-state index contributed by atoms with van der Waals surface area (Å²) in [6, 6.07) is 7.85. The maximum absolute atomic E-state index is 12.6. The van der Waals surface area contributed by atoms with Gasteiger partial charge in [-0.05, 0) is 50.3 Å². The van der Waals surface area contributed by atoms with E-state index in [1.807, 2.05) is 43.0 Å². The van der Waals surface area contributed by atoms with Gasteiger partial charge in [-0.2, -0.15) is 0 Å². The molecular weight excluding hydrogens is 314 g/mol. The number of benzene rings is 1. The van der Waals surface area contributed by atoms with Crippen LogP contribution in [-0.2, 0) is 4.79 Å². The van der Waals surface area contributed by atoms with Crippen molar-refractivity contribution in [2.75, 3.05) is 31.5 Å². The molecule has 5 heteroatoms. The lowest BCUT2D eigenvalue weighted by molar-refractivity contribution is -0.136. The average Bonchev–Trinajstić information content (AvgIpc) is 2.63. The molecule has 1 saturated heterocycles. The van der Waals surface area contributed by atoms with Crippen LogP contribution >= 0.6 is 0 Å². The third-order valence-corrected chi connectivity index (χ3v) is 4.96. The summed E-state index contributed by atoms with van der Waals surface area (Å²) in [7, 11) is 0. The van der Waals surface area contributed by atoms with Crippen molar-refractivity contribution in [3.05, 3.63) is 29.8 Å². The lowest BCUT2D eigenvalue weighted by Gasteiger charge is -2.34. The van der Waals surface area contributed by atoms with Crippen LogP contribution < -0.4 is 5.32 Å². The monoisotopic (exact) mass is 345 g/mol. The highest BCUT2D eigenvalue weighted by Crippen LogP contribution is 2.21. The number of hydrogen-bond acceptors (Lipinski definition) is 2. The minimum absolute atomic E-state index is 0.0808. The normalized spacial score (nSPS) is 17.5. The molecular formula is C20H31N3O2. The number of likely N-dealkylation sites (tertiary alicyclic amines) is 1. The SMILES string of the molecule is CCN(CC)C(=O)C1CCCN(C(=O)Nc2ccc(C(C)C)cc2)C1. The van der Waals surface area contributed by atoms with Gasteiger partial charge in [0.2, 0.25) is 5.91 Å². The van der Waals surface area contributed by atoms with Crippen molar-refractivity contribution >= 4 is 17.6 Å². The molecule has 0 spiro atoms. The first-order valence-electron chi connectivity index (χ1n) is 9.40. The van der Waals surface area contributed by atoms with Crippen LogP contribution in [0.4, 0.5) is 10.5 Å². The van der Waals surface area contributed by atoms with Crippen molar-refractivity contribution in [2.45, 2.75) is 46.5 Å². The van der Waals surface area contributed by atoms with Crippen LogP contribution in [0.2, 0.25) is 0 Å². The van der Waals surface area contributed by atoms with E-state index in [4.69, 9.17) is 0 Å². The molecule has 138 valence electrons. The van der Waals surface area contributed by atoms with Crippen LogP contribution in [0, 0.1) is 5.92 Å². The Morgan fingerprint density at radius 2 is 1.84 bits per heavy atom. The molecule has 1 heterocycles. The van der Waals surface area contributed by atoms with Crippen molar-refractivity contribution in [2.24, 2.45) is 5.92 Å². The number of carbonyl (C=O) groups is 2. The first-order chi connectivity index (χ1) is 12.0. The zero-order chi connectivity index (χ0) is 18.4. The molecule has 3 amide bonds. The molecule has 0 radical (unpaired) electrons. The lowest BCUT2D eigenvalue weighted by atomic mass is 9.96. The quantitative estimate of drug-likeness (QED) is 0.879. The average molecular weight is 345 g/mol. The summed E-state index contributed by atoms with van der Waals surface area (Å²) < 4.78 is 0. The van der Waals surface area contributed by atoms with Gasteiger partial charge in [-0.15, -0.1) is 0 Å². The second-order valence-corrected chi connectivity index (χ2v) is 7.00. The zero-order valence-corrected chi connectivity index (χ0v) is 15.9. The number of rotatable bonds is 5. The van der Waals surface area contributed by atoms with E-state index >= 15 is 0 Å². The number of carbonyl (C=O) groups excluding carboxylic acids is 2. The molecule has 1 aromatic rings. The Bertz CT molecular complexity index is 579. The largest absolute Gasteiger partial charge is 0.343 e. The summed E-state index contributed by atoms with van der Waals surface area (Å²) in [5.74, 6) is 0.560. The second kappa shape index (κ2) is 8.88. The van der Waals surface area contributed by atoms with Crippen molar-refractivity contribution in [3.8, 4) is 0 Å². The summed E-state index contributed by atoms with van der Waals surface area (Å²) in [5, 5.41) is 2.96. The number of piperidine rings is 1. The third kappa shape index (κ3) is 4.97. The minimum atomic E-state index is -0.116. The lowest BCUT2D eigenvalue weighted by Crippen LogP contribution is -2.47. The van der Waals surface area contributed by atoms with E-state index in [-0.39, 0.29) is 17.9 Å². The zero-order valence-electron chi connectivity index (χ0n) is 15.9. The van der Waals surface area contributed by atoms with Gasteiger partial charge in [-0.3, -0.25) is 4.79 Å². The summed E-state index contributed by atoms with van der Waals surface area (Å²) in [6.45, 7) is 10.9. The van der Waals surface area contributed by atoms with Crippen LogP contribution in [-0.4, -0.2) is 47.9 Å². The maximum Gasteiger partial charge on any atom is 0.321 e. The summed E-state index contributed by atoms with van der Waals surface area (Å²) in [4.78, 5) is 28.7. The number of nitrogens with one attached hydrogen (secondary N) is 1. The van der Waals surface area contributed by atoms with Crippen molar-refractivity contribution in [1.82, 2.24) is 9.80 Å². The second-order valence-electron chi connectivity index (χ2n) is 7.00. The van der Waals surface area contributed by atoms with Crippen LogP contribution in [0.25, 0.3) is 0 Å². The van der Waals surface area contributed by atoms with E-state index in [0.717, 1.165) is 31.6 Å². The fourth-order valence-electron chi connectivity index (χ4n) is 3.31. The summed E-state index contributed by atoms with van der Waals surface area (Å²) in [6.07, 6.45) is 1.74. The van der Waals surface area contributed by atoms with Gasteiger partial charge >= 0.3 is 6.03 Å². The number of nitrogens with zero attached hydrogens (tertiary/aromatic N) is 2. The van der Waals surface area contributed by atoms with Gasteiger partial charge in [0, 0.05) is 31.9 Å². The van der Waals surface area contributed by atoms with E-state index in [1.165, 1.54) is 5.56 Å². The highest BCUT2D eigenvalue weighted by atomic mass is 16.2. The molecule has 1 atom stereocenters. The summed E-state index contributed by atoms with van der Waals surface area (Å²) >= 11 is 0. The standard InChI is InChI=1S/C20H31N3O2/c1-5-22(6-2)19(24)17-8-7-13-23(14-17)20(25)21-18-11-9-16(10-12-18)15(3)4/h9-12,15,17H,5-8,13-14H2,1-4H3,(H,21,25). The highest BCUT2D eigenvalue weighted by Gasteiger charge is 2.30. The predicted molar refractivity (Wildman–Crippen MR) is 102 cm³/mol. The van der Waals surface area contributed by atoms with Crippen molar-refractivity contribution in [3.63, 3.8) is 0 Å². The molecule has 1 aromatic carbocycles. The Kier molecular flexibility index (Phi) is 6.85. The fraction of sp³-hybridized carbons (Fsp3) is 0.600. The molecule has 1 N–H and O–H groups in total. The van der Waals surface area contributed by atoms with Gasteiger partial charge in [0.1, 0.15) is 0 Å². The van der Waals surface area contributed by atoms with E-state index in [1.54, 1.807) is 4.90 Å². The Labute approximate surface area is 151 Å². The molecule has 0 saturated carbocycles. The predicted octanol–water partition coefficient (Wildman–Crippen LogP) is 3.92. The van der Waals surface area contributed by atoms with Gasteiger partial charge in [0.05, 0.1) is 5.92 Å². The molecule has 0 aliphatic carbocycles. The number of anilines is 1. The van der Waals surface area contributed by atoms with E-state index in [0.29, 0.717) is 19.0 Å². The molecule has 1 fully saturated rings.